The van der Waals surface area contributed by atoms with E-state index in [-0.39, 0.29) is 34.5 Å². The van der Waals surface area contributed by atoms with Crippen molar-refractivity contribution >= 4 is 23.2 Å². The van der Waals surface area contributed by atoms with Crippen LogP contribution in [0.1, 0.15) is 59.8 Å². The molecule has 202 valence electrons. The number of amides is 2. The topological polar surface area (TPSA) is 72.0 Å². The lowest BCUT2D eigenvalue weighted by Gasteiger charge is -2.51. The fourth-order valence-electron chi connectivity index (χ4n) is 6.59. The van der Waals surface area contributed by atoms with E-state index in [9.17, 15) is 9.59 Å². The van der Waals surface area contributed by atoms with Crippen LogP contribution in [0.4, 0.5) is 0 Å². The van der Waals surface area contributed by atoms with Gasteiger partial charge in [-0.05, 0) is 41.7 Å². The van der Waals surface area contributed by atoms with Gasteiger partial charge in [0.2, 0.25) is 5.91 Å². The van der Waals surface area contributed by atoms with Gasteiger partial charge in [0, 0.05) is 56.6 Å². The number of hydrogen-bond acceptors (Lipinski definition) is 6. The molecule has 1 spiro atoms. The lowest BCUT2D eigenvalue weighted by molar-refractivity contribution is -0.147. The van der Waals surface area contributed by atoms with Crippen LogP contribution in [0.15, 0.2) is 48.3 Å². The van der Waals surface area contributed by atoms with Gasteiger partial charge in [-0.3, -0.25) is 14.6 Å². The third-order valence-electron chi connectivity index (χ3n) is 9.17. The molecule has 3 aliphatic heterocycles. The zero-order chi connectivity index (χ0) is 26.5. The summed E-state index contributed by atoms with van der Waals surface area (Å²) >= 11 is 1.36. The Bertz CT molecular complexity index is 1210. The number of thiazole rings is 1. The molecule has 7 nitrogen and oxygen atoms in total. The molecule has 4 heterocycles. The number of rotatable bonds is 7. The van der Waals surface area contributed by atoms with Crippen LogP contribution in [-0.2, 0) is 20.9 Å². The van der Waals surface area contributed by atoms with Crippen molar-refractivity contribution in [3.8, 4) is 0 Å². The Kier molecular flexibility index (Phi) is 6.59. The molecule has 3 saturated heterocycles. The number of hydrogen-bond donors (Lipinski definition) is 0. The van der Waals surface area contributed by atoms with Crippen molar-refractivity contribution in [1.29, 1.82) is 0 Å². The first-order valence-corrected chi connectivity index (χ1v) is 14.6. The molecular weight excluding hydrogens is 498 g/mol. The zero-order valence-electron chi connectivity index (χ0n) is 22.4. The third kappa shape index (κ3) is 4.77. The van der Waals surface area contributed by atoms with Gasteiger partial charge >= 0.3 is 0 Å². The van der Waals surface area contributed by atoms with E-state index in [0.717, 1.165) is 38.0 Å². The number of nitrogens with zero attached hydrogens (tertiary/aromatic N) is 3. The first kappa shape index (κ1) is 25.6. The van der Waals surface area contributed by atoms with Crippen LogP contribution < -0.4 is 0 Å². The molecule has 4 fully saturated rings. The van der Waals surface area contributed by atoms with Crippen molar-refractivity contribution in [2.45, 2.75) is 45.6 Å². The molecule has 0 N–H and O–H groups in total. The molecule has 2 atom stereocenters. The van der Waals surface area contributed by atoms with E-state index < -0.39 is 0 Å². The number of carbonyl (C=O) groups is 2. The molecule has 1 saturated carbocycles. The van der Waals surface area contributed by atoms with Gasteiger partial charge < -0.3 is 19.3 Å². The zero-order valence-corrected chi connectivity index (χ0v) is 23.2. The van der Waals surface area contributed by atoms with Gasteiger partial charge in [-0.2, -0.15) is 0 Å². The van der Waals surface area contributed by atoms with E-state index in [1.54, 1.807) is 11.7 Å². The summed E-state index contributed by atoms with van der Waals surface area (Å²) in [6, 6.07) is 8.65. The lowest BCUT2D eigenvalue weighted by atomic mass is 9.70. The number of likely N-dealkylation sites (tertiary alicyclic amines) is 2. The molecular formula is C30H37N3O4S. The lowest BCUT2D eigenvalue weighted by Crippen LogP contribution is -2.63. The van der Waals surface area contributed by atoms with E-state index in [1.807, 2.05) is 9.80 Å². The smallest absolute Gasteiger partial charge is 0.265 e. The van der Waals surface area contributed by atoms with Crippen molar-refractivity contribution in [3.63, 3.8) is 0 Å². The van der Waals surface area contributed by atoms with E-state index in [0.29, 0.717) is 49.3 Å². The van der Waals surface area contributed by atoms with E-state index >= 15 is 0 Å². The Labute approximate surface area is 228 Å². The minimum absolute atomic E-state index is 0.000518. The Morgan fingerprint density at radius 3 is 2.58 bits per heavy atom. The monoisotopic (exact) mass is 535 g/mol. The molecule has 2 aromatic rings. The summed E-state index contributed by atoms with van der Waals surface area (Å²) in [4.78, 5) is 34.9. The molecule has 6 rings (SSSR count). The first-order chi connectivity index (χ1) is 18.3. The molecule has 8 heteroatoms. The first-order valence-electron chi connectivity index (χ1n) is 13.7. The standard InChI is InChI=1S/C30H37N3O4S/c1-20(37-15-21-5-4-6-23(11-21)22-7-9-36-10-8-22)25-14-32(28(35)26-13-31-19-38-26)16-30(25)17-33(18-30)27(34)24-12-29(24,2)3/h4-6,11,13,19,22,24-25H,1,7-10,12,14-18H2,2-3H3/t24-,25+/m1/s1. The minimum atomic E-state index is -0.212. The number of benzene rings is 1. The Morgan fingerprint density at radius 2 is 1.89 bits per heavy atom. The normalized spacial score (nSPS) is 25.7. The SMILES string of the molecule is C=C(OCc1cccc(C2CCOCC2)c1)[C@@H]1CN(C(=O)c2cncs2)CC12CN(C(=O)[C@H]1CC1(C)C)C2. The average Bonchev–Trinajstić information content (AvgIpc) is 3.29. The average molecular weight is 536 g/mol. The maximum atomic E-state index is 13.2. The van der Waals surface area contributed by atoms with E-state index in [1.165, 1.54) is 16.9 Å². The van der Waals surface area contributed by atoms with Crippen LogP contribution in [-0.4, -0.2) is 66.0 Å². The van der Waals surface area contributed by atoms with Crippen LogP contribution in [0, 0.1) is 22.7 Å². The summed E-state index contributed by atoms with van der Waals surface area (Å²) in [6.07, 6.45) is 4.70. The molecule has 38 heavy (non-hydrogen) atoms. The summed E-state index contributed by atoms with van der Waals surface area (Å²) in [6.45, 7) is 13.2. The molecule has 1 aliphatic carbocycles. The number of carbonyl (C=O) groups excluding carboxylic acids is 2. The van der Waals surface area contributed by atoms with Crippen LogP contribution in [0.2, 0.25) is 0 Å². The van der Waals surface area contributed by atoms with Crippen molar-refractivity contribution in [2.75, 3.05) is 39.4 Å². The Hall–Kier alpha value is -2.71. The van der Waals surface area contributed by atoms with E-state index in [4.69, 9.17) is 9.47 Å². The molecule has 2 amide bonds. The van der Waals surface area contributed by atoms with Crippen molar-refractivity contribution in [3.05, 3.63) is 64.3 Å². The highest BCUT2D eigenvalue weighted by atomic mass is 32.1. The fourth-order valence-corrected chi connectivity index (χ4v) is 7.17. The largest absolute Gasteiger partial charge is 0.493 e. The second-order valence-corrected chi connectivity index (χ2v) is 13.2. The second kappa shape index (κ2) is 9.79. The van der Waals surface area contributed by atoms with Crippen LogP contribution in [0.25, 0.3) is 0 Å². The molecule has 0 radical (unpaired) electrons. The van der Waals surface area contributed by atoms with Gasteiger partial charge in [0.05, 0.1) is 17.5 Å². The third-order valence-corrected chi connectivity index (χ3v) is 9.93. The van der Waals surface area contributed by atoms with Gasteiger partial charge in [-0.25, -0.2) is 0 Å². The molecule has 1 aromatic carbocycles. The summed E-state index contributed by atoms with van der Waals surface area (Å²) < 4.78 is 11.9. The minimum Gasteiger partial charge on any atom is -0.493 e. The second-order valence-electron chi connectivity index (χ2n) is 12.3. The van der Waals surface area contributed by atoms with Crippen LogP contribution in [0.5, 0.6) is 0 Å². The Balaban J connectivity index is 1.14. The fraction of sp³-hybridized carbons (Fsp3) is 0.567. The number of ether oxygens (including phenoxy) is 2. The highest BCUT2D eigenvalue weighted by molar-refractivity contribution is 7.11. The predicted molar refractivity (Wildman–Crippen MR) is 146 cm³/mol. The van der Waals surface area contributed by atoms with Gasteiger partial charge in [0.15, 0.2) is 0 Å². The molecule has 0 bridgehead atoms. The number of aromatic nitrogens is 1. The highest BCUT2D eigenvalue weighted by Crippen LogP contribution is 2.55. The Morgan fingerprint density at radius 1 is 1.16 bits per heavy atom. The summed E-state index contributed by atoms with van der Waals surface area (Å²) in [5.74, 6) is 1.60. The molecule has 4 aliphatic rings. The van der Waals surface area contributed by atoms with Gasteiger partial charge in [-0.1, -0.05) is 44.7 Å². The highest BCUT2D eigenvalue weighted by Gasteiger charge is 2.61. The maximum absolute atomic E-state index is 13.2. The van der Waals surface area contributed by atoms with Crippen molar-refractivity contribution in [2.24, 2.45) is 22.7 Å². The molecule has 1 aromatic heterocycles. The van der Waals surface area contributed by atoms with Crippen LogP contribution in [0.3, 0.4) is 0 Å². The predicted octanol–water partition coefficient (Wildman–Crippen LogP) is 4.71. The van der Waals surface area contributed by atoms with E-state index in [2.05, 4.69) is 49.7 Å². The van der Waals surface area contributed by atoms with Crippen molar-refractivity contribution in [1.82, 2.24) is 14.8 Å². The summed E-state index contributed by atoms with van der Waals surface area (Å²) in [5, 5.41) is 0. The quantitative estimate of drug-likeness (QED) is 0.480. The summed E-state index contributed by atoms with van der Waals surface area (Å²) in [5.41, 5.74) is 4.05. The maximum Gasteiger partial charge on any atom is 0.265 e. The molecule has 0 unspecified atom stereocenters. The van der Waals surface area contributed by atoms with Gasteiger partial charge in [-0.15, -0.1) is 11.3 Å². The van der Waals surface area contributed by atoms with Gasteiger partial charge in [0.1, 0.15) is 11.5 Å². The van der Waals surface area contributed by atoms with Crippen LogP contribution >= 0.6 is 11.3 Å². The van der Waals surface area contributed by atoms with Gasteiger partial charge in [0.25, 0.3) is 5.91 Å². The van der Waals surface area contributed by atoms with Crippen molar-refractivity contribution < 1.29 is 19.1 Å². The summed E-state index contributed by atoms with van der Waals surface area (Å²) in [7, 11) is 0.